The molecule has 1 unspecified atom stereocenters. The average Bonchev–Trinajstić information content (AvgIpc) is 2.35. The van der Waals surface area contributed by atoms with Crippen molar-refractivity contribution in [3.63, 3.8) is 0 Å². The van der Waals surface area contributed by atoms with E-state index < -0.39 is 31.4 Å². The number of anilines is 1. The topological polar surface area (TPSA) is 84.6 Å². The van der Waals surface area contributed by atoms with Gasteiger partial charge in [0.1, 0.15) is 13.2 Å². The summed E-state index contributed by atoms with van der Waals surface area (Å²) in [4.78, 5) is 11.2. The molecule has 0 saturated carbocycles. The van der Waals surface area contributed by atoms with Crippen LogP contribution in [0.2, 0.25) is 0 Å². The lowest BCUT2D eigenvalue weighted by molar-refractivity contribution is -0.175. The maximum Gasteiger partial charge on any atom is 0.411 e. The Balaban J connectivity index is 2.28. The van der Waals surface area contributed by atoms with E-state index in [4.69, 9.17) is 5.73 Å². The van der Waals surface area contributed by atoms with E-state index in [-0.39, 0.29) is 6.54 Å². The normalized spacial score (nSPS) is 13.0. The van der Waals surface area contributed by atoms with Crippen LogP contribution in [0.1, 0.15) is 11.7 Å². The first-order valence-corrected chi connectivity index (χ1v) is 5.72. The predicted molar refractivity (Wildman–Crippen MR) is 65.7 cm³/mol. The first-order valence-electron chi connectivity index (χ1n) is 5.72. The maximum absolute atomic E-state index is 11.8. The number of amides is 1. The Bertz CT molecular complexity index is 435. The summed E-state index contributed by atoms with van der Waals surface area (Å²) in [7, 11) is 0. The molecule has 5 nitrogen and oxygen atoms in total. The predicted octanol–water partition coefficient (Wildman–Crippen LogP) is 0.997. The summed E-state index contributed by atoms with van der Waals surface area (Å²) in [6.45, 7) is -2.33. The first-order chi connectivity index (χ1) is 9.28. The number of benzene rings is 1. The van der Waals surface area contributed by atoms with Crippen LogP contribution in [0.4, 0.5) is 18.9 Å². The number of nitrogens with one attached hydrogen (secondary N) is 1. The van der Waals surface area contributed by atoms with Crippen molar-refractivity contribution in [1.29, 1.82) is 0 Å². The minimum atomic E-state index is -4.47. The van der Waals surface area contributed by atoms with Gasteiger partial charge in [0.05, 0.1) is 6.10 Å². The lowest BCUT2D eigenvalue weighted by Gasteiger charge is -2.13. The molecule has 0 spiro atoms. The second kappa shape index (κ2) is 7.11. The zero-order valence-electron chi connectivity index (χ0n) is 10.5. The molecule has 0 radical (unpaired) electrons. The number of carbonyl (C=O) groups excluding carboxylic acids is 1. The summed E-state index contributed by atoms with van der Waals surface area (Å²) in [5.74, 6) is -0.733. The van der Waals surface area contributed by atoms with E-state index in [1.807, 2.05) is 0 Å². The summed E-state index contributed by atoms with van der Waals surface area (Å²) in [6, 6.07) is 6.36. The number of aliphatic hydroxyl groups excluding tert-OH is 1. The van der Waals surface area contributed by atoms with Gasteiger partial charge in [0.25, 0.3) is 0 Å². The molecule has 0 aliphatic heterocycles. The van der Waals surface area contributed by atoms with Gasteiger partial charge in [0, 0.05) is 12.2 Å². The monoisotopic (exact) mass is 292 g/mol. The SMILES string of the molecule is Nc1ccc(C(O)CNC(=O)COCC(F)(F)F)cc1. The summed E-state index contributed by atoms with van der Waals surface area (Å²) in [6.07, 6.45) is -5.44. The molecule has 0 fully saturated rings. The number of hydrogen-bond acceptors (Lipinski definition) is 4. The Labute approximate surface area is 113 Å². The molecule has 1 atom stereocenters. The van der Waals surface area contributed by atoms with Crippen molar-refractivity contribution in [2.75, 3.05) is 25.5 Å². The average molecular weight is 292 g/mol. The molecule has 4 N–H and O–H groups in total. The lowest BCUT2D eigenvalue weighted by atomic mass is 10.1. The van der Waals surface area contributed by atoms with Gasteiger partial charge in [-0.1, -0.05) is 12.1 Å². The van der Waals surface area contributed by atoms with E-state index >= 15 is 0 Å². The molecule has 1 aromatic rings. The number of rotatable bonds is 6. The van der Waals surface area contributed by atoms with E-state index in [0.717, 1.165) is 0 Å². The summed E-state index contributed by atoms with van der Waals surface area (Å²) < 4.78 is 39.5. The van der Waals surface area contributed by atoms with Gasteiger partial charge in [-0.15, -0.1) is 0 Å². The number of ether oxygens (including phenoxy) is 1. The van der Waals surface area contributed by atoms with Crippen LogP contribution in [0, 0.1) is 0 Å². The Morgan fingerprint density at radius 2 is 1.95 bits per heavy atom. The van der Waals surface area contributed by atoms with Crippen LogP contribution in [0.3, 0.4) is 0 Å². The number of alkyl halides is 3. The zero-order chi connectivity index (χ0) is 15.2. The van der Waals surface area contributed by atoms with Gasteiger partial charge < -0.3 is 20.9 Å². The van der Waals surface area contributed by atoms with Crippen molar-refractivity contribution < 1.29 is 27.8 Å². The van der Waals surface area contributed by atoms with Gasteiger partial charge in [-0.25, -0.2) is 0 Å². The first kappa shape index (κ1) is 16.3. The molecular formula is C12H15F3N2O3. The van der Waals surface area contributed by atoms with Crippen LogP contribution in [-0.2, 0) is 9.53 Å². The molecular weight excluding hydrogens is 277 g/mol. The number of aliphatic hydroxyl groups is 1. The molecule has 0 aliphatic carbocycles. The van der Waals surface area contributed by atoms with Crippen molar-refractivity contribution in [3.05, 3.63) is 29.8 Å². The molecule has 20 heavy (non-hydrogen) atoms. The van der Waals surface area contributed by atoms with Crippen molar-refractivity contribution in [3.8, 4) is 0 Å². The van der Waals surface area contributed by atoms with Crippen LogP contribution < -0.4 is 11.1 Å². The van der Waals surface area contributed by atoms with E-state index in [1.54, 1.807) is 24.3 Å². The zero-order valence-corrected chi connectivity index (χ0v) is 10.5. The molecule has 1 rings (SSSR count). The third kappa shape index (κ3) is 6.39. The Hall–Kier alpha value is -1.80. The quantitative estimate of drug-likeness (QED) is 0.683. The van der Waals surface area contributed by atoms with Crippen molar-refractivity contribution >= 4 is 11.6 Å². The van der Waals surface area contributed by atoms with Crippen LogP contribution in [0.25, 0.3) is 0 Å². The van der Waals surface area contributed by atoms with Gasteiger partial charge in [0.2, 0.25) is 5.91 Å². The number of halogens is 3. The van der Waals surface area contributed by atoms with E-state index in [9.17, 15) is 23.1 Å². The van der Waals surface area contributed by atoms with E-state index in [0.29, 0.717) is 11.3 Å². The number of nitrogen functional groups attached to an aromatic ring is 1. The highest BCUT2D eigenvalue weighted by atomic mass is 19.4. The summed E-state index contributed by atoms with van der Waals surface area (Å²) in [5, 5.41) is 12.0. The molecule has 0 bridgehead atoms. The van der Waals surface area contributed by atoms with E-state index in [2.05, 4.69) is 10.1 Å². The molecule has 112 valence electrons. The third-order valence-corrected chi connectivity index (χ3v) is 2.31. The lowest BCUT2D eigenvalue weighted by Crippen LogP contribution is -2.32. The number of hydrogen-bond donors (Lipinski definition) is 3. The molecule has 0 aromatic heterocycles. The Kier molecular flexibility index (Phi) is 5.78. The minimum absolute atomic E-state index is 0.127. The summed E-state index contributed by atoms with van der Waals surface area (Å²) >= 11 is 0. The molecule has 0 saturated heterocycles. The standard InChI is InChI=1S/C12H15F3N2O3/c13-12(14,15)7-20-6-11(19)17-5-10(18)8-1-3-9(16)4-2-8/h1-4,10,18H,5-7,16H2,(H,17,19). The second-order valence-corrected chi connectivity index (χ2v) is 4.09. The van der Waals surface area contributed by atoms with Crippen molar-refractivity contribution in [2.45, 2.75) is 12.3 Å². The fourth-order valence-corrected chi connectivity index (χ4v) is 1.36. The highest BCUT2D eigenvalue weighted by Crippen LogP contribution is 2.15. The highest BCUT2D eigenvalue weighted by Gasteiger charge is 2.27. The maximum atomic E-state index is 11.8. The summed E-state index contributed by atoms with van der Waals surface area (Å²) in [5.41, 5.74) is 6.55. The molecule has 0 aliphatic rings. The molecule has 8 heteroatoms. The largest absolute Gasteiger partial charge is 0.411 e. The fraction of sp³-hybridized carbons (Fsp3) is 0.417. The number of carbonyl (C=O) groups is 1. The van der Waals surface area contributed by atoms with Crippen molar-refractivity contribution in [1.82, 2.24) is 5.32 Å². The van der Waals surface area contributed by atoms with Crippen LogP contribution in [0.15, 0.2) is 24.3 Å². The Morgan fingerprint density at radius 3 is 2.50 bits per heavy atom. The fourth-order valence-electron chi connectivity index (χ4n) is 1.36. The van der Waals surface area contributed by atoms with Crippen LogP contribution in [0.5, 0.6) is 0 Å². The van der Waals surface area contributed by atoms with Crippen molar-refractivity contribution in [2.24, 2.45) is 0 Å². The van der Waals surface area contributed by atoms with Crippen LogP contribution >= 0.6 is 0 Å². The second-order valence-electron chi connectivity index (χ2n) is 4.09. The third-order valence-electron chi connectivity index (χ3n) is 2.31. The molecule has 0 heterocycles. The smallest absolute Gasteiger partial charge is 0.399 e. The van der Waals surface area contributed by atoms with Gasteiger partial charge in [-0.05, 0) is 17.7 Å². The minimum Gasteiger partial charge on any atom is -0.399 e. The van der Waals surface area contributed by atoms with Gasteiger partial charge in [-0.2, -0.15) is 13.2 Å². The Morgan fingerprint density at radius 1 is 1.35 bits per heavy atom. The van der Waals surface area contributed by atoms with Gasteiger partial charge in [-0.3, -0.25) is 4.79 Å². The van der Waals surface area contributed by atoms with E-state index in [1.165, 1.54) is 0 Å². The van der Waals surface area contributed by atoms with Gasteiger partial charge in [0.15, 0.2) is 0 Å². The highest BCUT2D eigenvalue weighted by molar-refractivity contribution is 5.77. The molecule has 1 amide bonds. The van der Waals surface area contributed by atoms with Gasteiger partial charge >= 0.3 is 6.18 Å². The molecule has 1 aromatic carbocycles. The number of nitrogens with two attached hydrogens (primary N) is 1. The van der Waals surface area contributed by atoms with Crippen LogP contribution in [-0.4, -0.2) is 36.9 Å².